The molecule has 82 valence electrons. The second-order valence-electron chi connectivity index (χ2n) is 3.41. The maximum absolute atomic E-state index is 11.4. The van der Waals surface area contributed by atoms with E-state index in [9.17, 15) is 9.90 Å². The van der Waals surface area contributed by atoms with Gasteiger partial charge >= 0.3 is 0 Å². The maximum atomic E-state index is 11.4. The summed E-state index contributed by atoms with van der Waals surface area (Å²) in [5, 5.41) is 9.35. The molecule has 2 nitrogen and oxygen atoms in total. The average Bonchev–Trinajstić information content (AvgIpc) is 2.27. The van der Waals surface area contributed by atoms with E-state index < -0.39 is 6.10 Å². The number of aliphatic hydroxyl groups excluding tert-OH is 1. The first-order valence-electron chi connectivity index (χ1n) is 5.10. The van der Waals surface area contributed by atoms with Gasteiger partial charge in [0.25, 0.3) is 0 Å². The Morgan fingerprint density at radius 2 is 2.07 bits per heavy atom. The number of thioether (sulfide) groups is 1. The Labute approximate surface area is 94.7 Å². The quantitative estimate of drug-likeness (QED) is 0.835. The molecule has 1 rings (SSSR count). The smallest absolute Gasteiger partial charge is 0.191 e. The summed E-state index contributed by atoms with van der Waals surface area (Å²) in [5.74, 6) is 0.691. The van der Waals surface area contributed by atoms with E-state index in [0.29, 0.717) is 12.2 Å². The van der Waals surface area contributed by atoms with Crippen molar-refractivity contribution in [2.45, 2.75) is 31.6 Å². The van der Waals surface area contributed by atoms with E-state index in [1.54, 1.807) is 0 Å². The summed E-state index contributed by atoms with van der Waals surface area (Å²) in [6, 6.07) is 9.87. The van der Waals surface area contributed by atoms with Gasteiger partial charge in [-0.25, -0.2) is 0 Å². The Hall–Kier alpha value is -0.800. The van der Waals surface area contributed by atoms with E-state index in [1.165, 1.54) is 11.8 Å². The number of aliphatic hydroxyl groups is 1. The van der Waals surface area contributed by atoms with Crippen molar-refractivity contribution in [1.82, 2.24) is 0 Å². The van der Waals surface area contributed by atoms with Crippen molar-refractivity contribution in [3.8, 4) is 0 Å². The maximum Gasteiger partial charge on any atom is 0.191 e. The second kappa shape index (κ2) is 6.64. The molecule has 0 aromatic heterocycles. The summed E-state index contributed by atoms with van der Waals surface area (Å²) < 4.78 is 0. The number of benzene rings is 1. The third-order valence-corrected chi connectivity index (χ3v) is 3.08. The molecule has 0 saturated heterocycles. The SMILES string of the molecule is CCC(O)CC(=O)SCc1ccccc1. The topological polar surface area (TPSA) is 37.3 Å². The first-order chi connectivity index (χ1) is 7.22. The number of rotatable bonds is 5. The number of hydrogen-bond acceptors (Lipinski definition) is 3. The van der Waals surface area contributed by atoms with Crippen LogP contribution in [0.1, 0.15) is 25.3 Å². The van der Waals surface area contributed by atoms with Crippen molar-refractivity contribution < 1.29 is 9.90 Å². The van der Waals surface area contributed by atoms with Crippen LogP contribution in [0, 0.1) is 0 Å². The molecule has 1 aromatic carbocycles. The monoisotopic (exact) mass is 224 g/mol. The largest absolute Gasteiger partial charge is 0.393 e. The van der Waals surface area contributed by atoms with Gasteiger partial charge in [-0.1, -0.05) is 49.0 Å². The van der Waals surface area contributed by atoms with Crippen molar-refractivity contribution in [2.75, 3.05) is 0 Å². The van der Waals surface area contributed by atoms with Gasteiger partial charge in [0.05, 0.1) is 6.10 Å². The molecule has 1 unspecified atom stereocenters. The predicted molar refractivity (Wildman–Crippen MR) is 63.7 cm³/mol. The molecule has 0 aliphatic carbocycles. The Morgan fingerprint density at radius 1 is 1.40 bits per heavy atom. The van der Waals surface area contributed by atoms with Crippen molar-refractivity contribution in [1.29, 1.82) is 0 Å². The molecule has 0 saturated carbocycles. The average molecular weight is 224 g/mol. The summed E-state index contributed by atoms with van der Waals surface area (Å²) in [6.07, 6.45) is 0.409. The molecule has 0 spiro atoms. The van der Waals surface area contributed by atoms with Crippen LogP contribution in [0.5, 0.6) is 0 Å². The van der Waals surface area contributed by atoms with Gasteiger partial charge in [-0.2, -0.15) is 0 Å². The van der Waals surface area contributed by atoms with Gasteiger partial charge in [0.2, 0.25) is 0 Å². The van der Waals surface area contributed by atoms with Crippen LogP contribution in [0.4, 0.5) is 0 Å². The normalized spacial score (nSPS) is 12.4. The van der Waals surface area contributed by atoms with Gasteiger partial charge in [-0.05, 0) is 12.0 Å². The van der Waals surface area contributed by atoms with E-state index in [0.717, 1.165) is 5.56 Å². The second-order valence-corrected chi connectivity index (χ2v) is 4.45. The summed E-state index contributed by atoms with van der Waals surface area (Å²) in [4.78, 5) is 11.4. The number of carbonyl (C=O) groups excluding carboxylic acids is 1. The molecule has 1 aromatic rings. The first-order valence-corrected chi connectivity index (χ1v) is 6.08. The summed E-state index contributed by atoms with van der Waals surface area (Å²) in [7, 11) is 0. The molecule has 0 radical (unpaired) electrons. The van der Waals surface area contributed by atoms with Gasteiger partial charge < -0.3 is 5.11 Å². The fourth-order valence-electron chi connectivity index (χ4n) is 1.13. The fraction of sp³-hybridized carbons (Fsp3) is 0.417. The van der Waals surface area contributed by atoms with E-state index in [-0.39, 0.29) is 11.5 Å². The molecule has 1 N–H and O–H groups in total. The molecule has 0 heterocycles. The van der Waals surface area contributed by atoms with Crippen molar-refractivity contribution in [2.24, 2.45) is 0 Å². The standard InChI is InChI=1S/C12H16O2S/c1-2-11(13)8-12(14)15-9-10-6-4-3-5-7-10/h3-7,11,13H,2,8-9H2,1H3. The zero-order chi connectivity index (χ0) is 11.1. The molecule has 15 heavy (non-hydrogen) atoms. The van der Waals surface area contributed by atoms with Gasteiger partial charge in [0.1, 0.15) is 0 Å². The van der Waals surface area contributed by atoms with Crippen LogP contribution in [0.15, 0.2) is 30.3 Å². The molecule has 0 bridgehead atoms. The highest BCUT2D eigenvalue weighted by molar-refractivity contribution is 8.12. The first kappa shape index (κ1) is 12.3. The lowest BCUT2D eigenvalue weighted by atomic mass is 10.2. The van der Waals surface area contributed by atoms with Gasteiger partial charge in [0.15, 0.2) is 5.12 Å². The lowest BCUT2D eigenvalue weighted by molar-refractivity contribution is -0.112. The van der Waals surface area contributed by atoms with E-state index in [2.05, 4.69) is 0 Å². The molecule has 0 amide bonds. The van der Waals surface area contributed by atoms with Crippen LogP contribution in [0.3, 0.4) is 0 Å². The highest BCUT2D eigenvalue weighted by Crippen LogP contribution is 2.15. The summed E-state index contributed by atoms with van der Waals surface area (Å²) in [6.45, 7) is 1.87. The molecule has 1 atom stereocenters. The van der Waals surface area contributed by atoms with Crippen molar-refractivity contribution in [3.05, 3.63) is 35.9 Å². The van der Waals surface area contributed by atoms with Crippen molar-refractivity contribution >= 4 is 16.9 Å². The molecule has 0 aliphatic heterocycles. The van der Waals surface area contributed by atoms with E-state index >= 15 is 0 Å². The zero-order valence-corrected chi connectivity index (χ0v) is 9.67. The molecular weight excluding hydrogens is 208 g/mol. The van der Waals surface area contributed by atoms with E-state index in [1.807, 2.05) is 37.3 Å². The Bertz CT molecular complexity index is 298. The summed E-state index contributed by atoms with van der Waals surface area (Å²) in [5.41, 5.74) is 1.14. The van der Waals surface area contributed by atoms with Crippen molar-refractivity contribution in [3.63, 3.8) is 0 Å². The zero-order valence-electron chi connectivity index (χ0n) is 8.85. The van der Waals surface area contributed by atoms with Crippen LogP contribution < -0.4 is 0 Å². The molecular formula is C12H16O2S. The Kier molecular flexibility index (Phi) is 5.43. The molecule has 0 aliphatic rings. The van der Waals surface area contributed by atoms with Crippen LogP contribution in [-0.2, 0) is 10.5 Å². The third kappa shape index (κ3) is 5.00. The van der Waals surface area contributed by atoms with Gasteiger partial charge in [-0.15, -0.1) is 0 Å². The Balaban J connectivity index is 2.29. The highest BCUT2D eigenvalue weighted by Gasteiger charge is 2.09. The minimum absolute atomic E-state index is 0.0632. The fourth-order valence-corrected chi connectivity index (χ4v) is 1.96. The lowest BCUT2D eigenvalue weighted by Crippen LogP contribution is -2.09. The molecule has 3 heteroatoms. The van der Waals surface area contributed by atoms with Gasteiger partial charge in [0, 0.05) is 12.2 Å². The highest BCUT2D eigenvalue weighted by atomic mass is 32.2. The predicted octanol–water partition coefficient (Wildman–Crippen LogP) is 2.61. The van der Waals surface area contributed by atoms with Crippen LogP contribution in [0.2, 0.25) is 0 Å². The minimum atomic E-state index is -0.485. The Morgan fingerprint density at radius 3 is 2.67 bits per heavy atom. The number of hydrogen-bond donors (Lipinski definition) is 1. The minimum Gasteiger partial charge on any atom is -0.393 e. The van der Waals surface area contributed by atoms with Crippen LogP contribution >= 0.6 is 11.8 Å². The van der Waals surface area contributed by atoms with E-state index in [4.69, 9.17) is 0 Å². The third-order valence-electron chi connectivity index (χ3n) is 2.12. The molecule has 0 fully saturated rings. The lowest BCUT2D eigenvalue weighted by Gasteiger charge is -2.05. The summed E-state index contributed by atoms with van der Waals surface area (Å²) >= 11 is 1.27. The van der Waals surface area contributed by atoms with Crippen LogP contribution in [0.25, 0.3) is 0 Å². The van der Waals surface area contributed by atoms with Gasteiger partial charge in [-0.3, -0.25) is 4.79 Å². The van der Waals surface area contributed by atoms with Crippen LogP contribution in [-0.4, -0.2) is 16.3 Å². The number of carbonyl (C=O) groups is 1.